The molecule has 0 aliphatic carbocycles. The van der Waals surface area contributed by atoms with Crippen LogP contribution in [0.25, 0.3) is 0 Å². The first-order valence-corrected chi connectivity index (χ1v) is 8.28. The Labute approximate surface area is 165 Å². The number of oxazole rings is 1. The summed E-state index contributed by atoms with van der Waals surface area (Å²) in [4.78, 5) is 8.80. The van der Waals surface area contributed by atoms with Crippen LogP contribution in [0, 0.1) is 19.7 Å². The van der Waals surface area contributed by atoms with Gasteiger partial charge in [0.25, 0.3) is 0 Å². The van der Waals surface area contributed by atoms with E-state index in [-0.39, 0.29) is 29.8 Å². The number of nitrogens with one attached hydrogen (secondary N) is 2. The highest BCUT2D eigenvalue weighted by atomic mass is 127. The third-order valence-electron chi connectivity index (χ3n) is 3.61. The molecule has 0 aliphatic rings. The predicted octanol–water partition coefficient (Wildman–Crippen LogP) is 3.74. The number of guanidine groups is 1. The van der Waals surface area contributed by atoms with E-state index in [0.29, 0.717) is 12.4 Å². The number of nitrogens with zero attached hydrogens (tertiary/aromatic N) is 2. The molecule has 5 nitrogen and oxygen atoms in total. The average Bonchev–Trinajstić information content (AvgIpc) is 2.87. The molecule has 0 fully saturated rings. The second-order valence-corrected chi connectivity index (χ2v) is 5.60. The van der Waals surface area contributed by atoms with Gasteiger partial charge in [-0.05, 0) is 51.3 Å². The Balaban J connectivity index is 0.00000312. The van der Waals surface area contributed by atoms with Crippen molar-refractivity contribution in [3.05, 3.63) is 53.0 Å². The summed E-state index contributed by atoms with van der Waals surface area (Å²) < 4.78 is 18.7. The summed E-state index contributed by atoms with van der Waals surface area (Å²) in [5.41, 5.74) is 1.90. The summed E-state index contributed by atoms with van der Waals surface area (Å²) in [6, 6.07) is 6.72. The Morgan fingerprint density at radius 2 is 2.08 bits per heavy atom. The van der Waals surface area contributed by atoms with Crippen molar-refractivity contribution >= 4 is 29.9 Å². The maximum atomic E-state index is 13.1. The summed E-state index contributed by atoms with van der Waals surface area (Å²) in [5.74, 6) is 1.98. The summed E-state index contributed by atoms with van der Waals surface area (Å²) >= 11 is 0. The highest BCUT2D eigenvalue weighted by Gasteiger charge is 2.05. The van der Waals surface area contributed by atoms with Crippen LogP contribution in [0.2, 0.25) is 0 Å². The van der Waals surface area contributed by atoms with Crippen LogP contribution in [-0.4, -0.2) is 24.0 Å². The molecule has 138 valence electrons. The molecule has 1 aromatic heterocycles. The van der Waals surface area contributed by atoms with Crippen LogP contribution < -0.4 is 10.6 Å². The fourth-order valence-electron chi connectivity index (χ4n) is 2.29. The molecule has 0 unspecified atom stereocenters. The lowest BCUT2D eigenvalue weighted by atomic mass is 10.1. The molecule has 7 heteroatoms. The maximum absolute atomic E-state index is 13.1. The van der Waals surface area contributed by atoms with Gasteiger partial charge in [-0.15, -0.1) is 24.0 Å². The molecule has 0 radical (unpaired) electrons. The summed E-state index contributed by atoms with van der Waals surface area (Å²) in [7, 11) is 0. The van der Waals surface area contributed by atoms with Crippen molar-refractivity contribution in [1.29, 1.82) is 0 Å². The third-order valence-corrected chi connectivity index (χ3v) is 3.61. The summed E-state index contributed by atoms with van der Waals surface area (Å²) in [6.07, 6.45) is 1.72. The van der Waals surface area contributed by atoms with E-state index in [0.717, 1.165) is 48.9 Å². The predicted molar refractivity (Wildman–Crippen MR) is 109 cm³/mol. The van der Waals surface area contributed by atoms with Gasteiger partial charge >= 0.3 is 0 Å². The van der Waals surface area contributed by atoms with E-state index >= 15 is 0 Å². The Kier molecular flexibility index (Phi) is 9.48. The van der Waals surface area contributed by atoms with E-state index in [1.54, 1.807) is 12.1 Å². The summed E-state index contributed by atoms with van der Waals surface area (Å²) in [6.45, 7) is 7.76. The number of hydrogen-bond donors (Lipinski definition) is 2. The van der Waals surface area contributed by atoms with E-state index in [2.05, 4.69) is 20.6 Å². The van der Waals surface area contributed by atoms with Crippen molar-refractivity contribution in [3.8, 4) is 0 Å². The van der Waals surface area contributed by atoms with E-state index in [1.807, 2.05) is 26.8 Å². The fourth-order valence-corrected chi connectivity index (χ4v) is 2.29. The normalized spacial score (nSPS) is 11.1. The van der Waals surface area contributed by atoms with Crippen LogP contribution >= 0.6 is 24.0 Å². The Bertz CT molecular complexity index is 668. The van der Waals surface area contributed by atoms with Gasteiger partial charge in [-0.1, -0.05) is 12.1 Å². The van der Waals surface area contributed by atoms with E-state index < -0.39 is 0 Å². The lowest BCUT2D eigenvalue weighted by Gasteiger charge is -2.10. The number of aryl methyl sites for hydroxylation is 3. The monoisotopic (exact) mass is 460 g/mol. The molecule has 0 amide bonds. The largest absolute Gasteiger partial charge is 0.444 e. The van der Waals surface area contributed by atoms with Crippen molar-refractivity contribution < 1.29 is 8.81 Å². The zero-order valence-electron chi connectivity index (χ0n) is 14.9. The Morgan fingerprint density at radius 1 is 1.28 bits per heavy atom. The van der Waals surface area contributed by atoms with E-state index in [9.17, 15) is 4.39 Å². The van der Waals surface area contributed by atoms with Gasteiger partial charge in [-0.25, -0.2) is 14.4 Å². The molecule has 0 atom stereocenters. The van der Waals surface area contributed by atoms with Gasteiger partial charge in [0.1, 0.15) is 18.1 Å². The quantitative estimate of drug-likeness (QED) is 0.286. The molecule has 1 heterocycles. The topological polar surface area (TPSA) is 62.5 Å². The van der Waals surface area contributed by atoms with Gasteiger partial charge in [-0.2, -0.15) is 0 Å². The zero-order chi connectivity index (χ0) is 17.4. The van der Waals surface area contributed by atoms with E-state index in [4.69, 9.17) is 4.42 Å². The molecule has 1 aromatic carbocycles. The molecule has 0 saturated heterocycles. The standard InChI is InChI=1S/C18H25FN4O.HI/c1-4-20-18(22-12-17-23-13(2)14(3)24-17)21-10-6-8-15-7-5-9-16(19)11-15;/h5,7,9,11H,4,6,8,10,12H2,1-3H3,(H2,20,21,22);1H. The highest BCUT2D eigenvalue weighted by Crippen LogP contribution is 2.09. The number of halogens is 2. The minimum Gasteiger partial charge on any atom is -0.444 e. The van der Waals surface area contributed by atoms with Crippen LogP contribution in [0.4, 0.5) is 4.39 Å². The van der Waals surface area contributed by atoms with Gasteiger partial charge in [-0.3, -0.25) is 0 Å². The van der Waals surface area contributed by atoms with Crippen molar-refractivity contribution in [2.45, 2.75) is 40.2 Å². The average molecular weight is 460 g/mol. The van der Waals surface area contributed by atoms with Gasteiger partial charge < -0.3 is 15.1 Å². The minimum absolute atomic E-state index is 0. The van der Waals surface area contributed by atoms with E-state index in [1.165, 1.54) is 6.07 Å². The molecular weight excluding hydrogens is 434 g/mol. The number of rotatable bonds is 7. The van der Waals surface area contributed by atoms with Gasteiger partial charge in [0.2, 0.25) is 5.89 Å². The highest BCUT2D eigenvalue weighted by molar-refractivity contribution is 14.0. The molecule has 0 spiro atoms. The number of aliphatic imine (C=N–C) groups is 1. The van der Waals surface area contributed by atoms with Crippen molar-refractivity contribution in [3.63, 3.8) is 0 Å². The van der Waals surface area contributed by atoms with Crippen molar-refractivity contribution in [2.24, 2.45) is 4.99 Å². The second kappa shape index (κ2) is 11.1. The first-order chi connectivity index (χ1) is 11.6. The molecule has 0 aliphatic heterocycles. The SMILES string of the molecule is CCNC(=NCc1nc(C)c(C)o1)NCCCc1cccc(F)c1.I. The van der Waals surface area contributed by atoms with Crippen LogP contribution in [0.15, 0.2) is 33.7 Å². The lowest BCUT2D eigenvalue weighted by Crippen LogP contribution is -2.37. The van der Waals surface area contributed by atoms with Gasteiger partial charge in [0.15, 0.2) is 5.96 Å². The zero-order valence-corrected chi connectivity index (χ0v) is 17.3. The third kappa shape index (κ3) is 7.41. The first-order valence-electron chi connectivity index (χ1n) is 8.28. The molecule has 0 saturated carbocycles. The molecule has 0 bridgehead atoms. The number of hydrogen-bond acceptors (Lipinski definition) is 3. The van der Waals surface area contributed by atoms with Crippen molar-refractivity contribution in [2.75, 3.05) is 13.1 Å². The molecule has 2 rings (SSSR count). The smallest absolute Gasteiger partial charge is 0.216 e. The maximum Gasteiger partial charge on any atom is 0.216 e. The molecule has 2 aromatic rings. The van der Waals surface area contributed by atoms with Crippen LogP contribution in [-0.2, 0) is 13.0 Å². The van der Waals surface area contributed by atoms with Gasteiger partial charge in [0, 0.05) is 13.1 Å². The number of benzene rings is 1. The molecular formula is C18H26FIN4O. The second-order valence-electron chi connectivity index (χ2n) is 5.60. The Hall–Kier alpha value is -1.64. The molecule has 25 heavy (non-hydrogen) atoms. The van der Waals surface area contributed by atoms with Crippen LogP contribution in [0.3, 0.4) is 0 Å². The fraction of sp³-hybridized carbons (Fsp3) is 0.444. The number of aromatic nitrogens is 1. The van der Waals surface area contributed by atoms with Crippen molar-refractivity contribution in [1.82, 2.24) is 15.6 Å². The first kappa shape index (κ1) is 21.4. The summed E-state index contributed by atoms with van der Waals surface area (Å²) in [5, 5.41) is 6.46. The minimum atomic E-state index is -0.188. The van der Waals surface area contributed by atoms with Gasteiger partial charge in [0.05, 0.1) is 5.69 Å². The Morgan fingerprint density at radius 3 is 2.72 bits per heavy atom. The lowest BCUT2D eigenvalue weighted by molar-refractivity contribution is 0.473. The van der Waals surface area contributed by atoms with Crippen LogP contribution in [0.5, 0.6) is 0 Å². The van der Waals surface area contributed by atoms with Crippen LogP contribution in [0.1, 0.15) is 36.3 Å². The molecule has 2 N–H and O–H groups in total.